The summed E-state index contributed by atoms with van der Waals surface area (Å²) in [5, 5.41) is 28.3. The third-order valence-corrected chi connectivity index (χ3v) is 3.47. The van der Waals surface area contributed by atoms with Crippen LogP contribution in [0.2, 0.25) is 5.02 Å². The summed E-state index contributed by atoms with van der Waals surface area (Å²) in [7, 11) is -0.906. The smallest absolute Gasteiger partial charge is 0.491 e. The van der Waals surface area contributed by atoms with Gasteiger partial charge in [-0.1, -0.05) is 17.7 Å². The minimum absolute atomic E-state index is 0.0813. The highest BCUT2D eigenvalue weighted by Gasteiger charge is 2.27. The Bertz CT molecular complexity index is 759. The highest BCUT2D eigenvalue weighted by Crippen LogP contribution is 2.35. The van der Waals surface area contributed by atoms with Crippen LogP contribution < -0.4 is 10.2 Å². The number of fused-ring (bicyclic) bond motifs is 1. The van der Waals surface area contributed by atoms with E-state index in [1.165, 1.54) is 12.1 Å². The van der Waals surface area contributed by atoms with Gasteiger partial charge in [-0.15, -0.1) is 0 Å². The lowest BCUT2D eigenvalue weighted by molar-refractivity contribution is 0.275. The van der Waals surface area contributed by atoms with Crippen LogP contribution in [0.15, 0.2) is 30.3 Å². The van der Waals surface area contributed by atoms with E-state index in [4.69, 9.17) is 26.3 Å². The van der Waals surface area contributed by atoms with Gasteiger partial charge in [0.2, 0.25) is 0 Å². The Balaban J connectivity index is 1.91. The lowest BCUT2D eigenvalue weighted by atomic mass is 9.80. The van der Waals surface area contributed by atoms with Crippen molar-refractivity contribution in [3.8, 4) is 23.3 Å². The summed E-state index contributed by atoms with van der Waals surface area (Å²) < 4.78 is 10.7. The molecule has 5 nitrogen and oxygen atoms in total. The molecule has 0 bridgehead atoms. The van der Waals surface area contributed by atoms with E-state index in [-0.39, 0.29) is 22.1 Å². The van der Waals surface area contributed by atoms with E-state index < -0.39 is 7.12 Å². The second kappa shape index (κ2) is 5.30. The summed E-state index contributed by atoms with van der Waals surface area (Å²) in [4.78, 5) is 0. The quantitative estimate of drug-likeness (QED) is 0.828. The average Bonchev–Trinajstić information content (AvgIpc) is 2.83. The number of nitrogens with zero attached hydrogens (tertiary/aromatic N) is 1. The molecule has 0 saturated carbocycles. The van der Waals surface area contributed by atoms with Gasteiger partial charge in [-0.25, -0.2) is 0 Å². The molecule has 1 aliphatic rings. The predicted molar refractivity (Wildman–Crippen MR) is 76.7 cm³/mol. The van der Waals surface area contributed by atoms with Gasteiger partial charge < -0.3 is 19.5 Å². The average molecular weight is 301 g/mol. The highest BCUT2D eigenvalue weighted by atomic mass is 35.5. The first-order valence-electron chi connectivity index (χ1n) is 6.11. The zero-order chi connectivity index (χ0) is 15.0. The fraction of sp³-hybridized carbons (Fsp3) is 0.0714. The molecule has 0 spiro atoms. The van der Waals surface area contributed by atoms with Gasteiger partial charge in [-0.3, -0.25) is 0 Å². The minimum Gasteiger partial charge on any atom is -0.506 e. The van der Waals surface area contributed by atoms with Gasteiger partial charge in [0.1, 0.15) is 23.3 Å². The van der Waals surface area contributed by atoms with Gasteiger partial charge in [-0.05, 0) is 29.2 Å². The second-order valence-electron chi connectivity index (χ2n) is 4.54. The van der Waals surface area contributed by atoms with E-state index in [0.29, 0.717) is 17.8 Å². The van der Waals surface area contributed by atoms with Gasteiger partial charge in [0.05, 0.1) is 17.2 Å². The largest absolute Gasteiger partial charge is 0.506 e. The Morgan fingerprint density at radius 3 is 2.90 bits per heavy atom. The van der Waals surface area contributed by atoms with Crippen LogP contribution in [-0.4, -0.2) is 17.2 Å². The molecule has 0 saturated heterocycles. The minimum atomic E-state index is -0.906. The maximum Gasteiger partial charge on any atom is 0.491 e. The van der Waals surface area contributed by atoms with Crippen molar-refractivity contribution in [3.63, 3.8) is 0 Å². The maximum absolute atomic E-state index is 9.67. The van der Waals surface area contributed by atoms with E-state index in [9.17, 15) is 10.1 Å². The SMILES string of the molecule is N#Cc1cc(Cl)c(Oc2ccc3c(c2)COB3O)cc1O. The lowest BCUT2D eigenvalue weighted by Crippen LogP contribution is -2.27. The molecule has 2 aromatic rings. The van der Waals surface area contributed by atoms with Crippen molar-refractivity contribution < 1.29 is 19.5 Å². The molecule has 0 unspecified atom stereocenters. The molecule has 0 atom stereocenters. The summed E-state index contributed by atoms with van der Waals surface area (Å²) >= 11 is 6.02. The number of hydrogen-bond acceptors (Lipinski definition) is 5. The number of aromatic hydroxyl groups is 1. The molecule has 21 heavy (non-hydrogen) atoms. The number of benzene rings is 2. The number of rotatable bonds is 2. The van der Waals surface area contributed by atoms with E-state index in [0.717, 1.165) is 5.56 Å². The zero-order valence-corrected chi connectivity index (χ0v) is 11.5. The molecule has 3 rings (SSSR count). The molecule has 7 heteroatoms. The highest BCUT2D eigenvalue weighted by molar-refractivity contribution is 6.61. The monoisotopic (exact) mass is 301 g/mol. The van der Waals surface area contributed by atoms with Crippen LogP contribution in [0.1, 0.15) is 11.1 Å². The summed E-state index contributed by atoms with van der Waals surface area (Å²) in [5.41, 5.74) is 1.61. The van der Waals surface area contributed by atoms with Crippen LogP contribution in [0.25, 0.3) is 0 Å². The lowest BCUT2D eigenvalue weighted by Gasteiger charge is -2.10. The molecule has 2 aromatic carbocycles. The standard InChI is InChI=1S/C14H9BClNO4/c16-12-4-8(6-17)13(18)5-14(12)21-10-1-2-11-9(3-10)7-20-15(11)19/h1-5,18-19H,7H2. The van der Waals surface area contributed by atoms with Crippen molar-refractivity contribution in [3.05, 3.63) is 46.5 Å². The molecule has 0 aliphatic carbocycles. The van der Waals surface area contributed by atoms with Crippen LogP contribution >= 0.6 is 11.6 Å². The molecule has 0 amide bonds. The third-order valence-electron chi connectivity index (χ3n) is 3.18. The third kappa shape index (κ3) is 2.54. The fourth-order valence-corrected chi connectivity index (χ4v) is 2.31. The molecule has 1 heterocycles. The molecule has 104 valence electrons. The van der Waals surface area contributed by atoms with Crippen LogP contribution in [0.5, 0.6) is 17.2 Å². The van der Waals surface area contributed by atoms with Crippen molar-refractivity contribution in [1.29, 1.82) is 5.26 Å². The van der Waals surface area contributed by atoms with Gasteiger partial charge in [0.25, 0.3) is 0 Å². The summed E-state index contributed by atoms with van der Waals surface area (Å²) in [6, 6.07) is 9.57. The van der Waals surface area contributed by atoms with Gasteiger partial charge in [-0.2, -0.15) is 5.26 Å². The molecule has 2 N–H and O–H groups in total. The van der Waals surface area contributed by atoms with Crippen LogP contribution in [0.3, 0.4) is 0 Å². The van der Waals surface area contributed by atoms with Crippen molar-refractivity contribution in [2.75, 3.05) is 0 Å². The Labute approximate surface area is 126 Å². The normalized spacial score (nSPS) is 12.9. The number of nitriles is 1. The number of phenols is 1. The Morgan fingerprint density at radius 1 is 1.33 bits per heavy atom. The van der Waals surface area contributed by atoms with Crippen molar-refractivity contribution >= 4 is 24.2 Å². The molecular formula is C14H9BClNO4. The summed E-state index contributed by atoms with van der Waals surface area (Å²) in [6.45, 7) is 0.306. The first-order chi connectivity index (χ1) is 10.1. The molecule has 0 aromatic heterocycles. The van der Waals surface area contributed by atoms with E-state index in [1.54, 1.807) is 18.2 Å². The Morgan fingerprint density at radius 2 is 2.14 bits per heavy atom. The number of ether oxygens (including phenoxy) is 1. The predicted octanol–water partition coefficient (Wildman–Crippen LogP) is 1.93. The van der Waals surface area contributed by atoms with Crippen LogP contribution in [-0.2, 0) is 11.3 Å². The van der Waals surface area contributed by atoms with Crippen LogP contribution in [0.4, 0.5) is 0 Å². The molecule has 1 aliphatic heterocycles. The molecule has 0 radical (unpaired) electrons. The first kappa shape index (κ1) is 13.8. The summed E-state index contributed by atoms with van der Waals surface area (Å²) in [6.07, 6.45) is 0. The number of halogens is 1. The first-order valence-corrected chi connectivity index (χ1v) is 6.49. The molecule has 0 fully saturated rings. The fourth-order valence-electron chi connectivity index (χ4n) is 2.11. The van der Waals surface area contributed by atoms with Gasteiger partial charge in [0, 0.05) is 6.07 Å². The Kier molecular flexibility index (Phi) is 3.48. The number of hydrogen-bond donors (Lipinski definition) is 2. The zero-order valence-electron chi connectivity index (χ0n) is 10.7. The number of phenolic OH excluding ortho intramolecular Hbond substituents is 1. The topological polar surface area (TPSA) is 82.7 Å². The maximum atomic E-state index is 9.67. The second-order valence-corrected chi connectivity index (χ2v) is 4.94. The van der Waals surface area contributed by atoms with Crippen molar-refractivity contribution in [2.45, 2.75) is 6.61 Å². The van der Waals surface area contributed by atoms with Crippen molar-refractivity contribution in [2.24, 2.45) is 0 Å². The summed E-state index contributed by atoms with van der Waals surface area (Å²) in [5.74, 6) is 0.543. The Hall–Kier alpha value is -2.20. The van der Waals surface area contributed by atoms with E-state index in [1.807, 2.05) is 6.07 Å². The van der Waals surface area contributed by atoms with Gasteiger partial charge >= 0.3 is 7.12 Å². The molecular weight excluding hydrogens is 292 g/mol. The van der Waals surface area contributed by atoms with Crippen molar-refractivity contribution in [1.82, 2.24) is 0 Å². The van der Waals surface area contributed by atoms with E-state index in [2.05, 4.69) is 0 Å². The van der Waals surface area contributed by atoms with Gasteiger partial charge in [0.15, 0.2) is 0 Å². The van der Waals surface area contributed by atoms with E-state index >= 15 is 0 Å². The van der Waals surface area contributed by atoms with Crippen LogP contribution in [0, 0.1) is 11.3 Å².